The zero-order valence-electron chi connectivity index (χ0n) is 16.1. The Bertz CT molecular complexity index is 1050. The molecule has 0 radical (unpaired) electrons. The third-order valence-corrected chi connectivity index (χ3v) is 4.52. The van der Waals surface area contributed by atoms with Crippen LogP contribution in [0.1, 0.15) is 28.5 Å². The van der Waals surface area contributed by atoms with Crippen molar-refractivity contribution in [1.82, 2.24) is 9.78 Å². The summed E-state index contributed by atoms with van der Waals surface area (Å²) in [4.78, 5) is 12.3. The van der Waals surface area contributed by atoms with E-state index in [1.54, 1.807) is 36.2 Å². The van der Waals surface area contributed by atoms with Gasteiger partial charge in [-0.15, -0.1) is 0 Å². The molecule has 0 N–H and O–H groups in total. The Morgan fingerprint density at radius 3 is 2.76 bits per heavy atom. The van der Waals surface area contributed by atoms with Crippen molar-refractivity contribution >= 4 is 23.5 Å². The number of aryl methyl sites for hydroxylation is 1. The highest BCUT2D eigenvalue weighted by molar-refractivity contribution is 6.30. The first kappa shape index (κ1) is 20.6. The van der Waals surface area contributed by atoms with Crippen LogP contribution in [0.5, 0.6) is 11.5 Å². The number of methoxy groups -OCH3 is 1. The largest absolute Gasteiger partial charge is 0.496 e. The first-order valence-corrected chi connectivity index (χ1v) is 9.38. The van der Waals surface area contributed by atoms with Crippen molar-refractivity contribution in [3.63, 3.8) is 0 Å². The lowest BCUT2D eigenvalue weighted by Gasteiger charge is -2.11. The summed E-state index contributed by atoms with van der Waals surface area (Å²) >= 11 is 5.78. The maximum absolute atomic E-state index is 13.3. The third-order valence-electron chi connectivity index (χ3n) is 4.23. The molecule has 0 aliphatic heterocycles. The lowest BCUT2D eigenvalue weighted by Crippen LogP contribution is -2.00. The van der Waals surface area contributed by atoms with Gasteiger partial charge in [0.1, 0.15) is 29.6 Å². The van der Waals surface area contributed by atoms with Crippen LogP contribution in [0.2, 0.25) is 5.02 Å². The van der Waals surface area contributed by atoms with Gasteiger partial charge in [0.2, 0.25) is 5.78 Å². The van der Waals surface area contributed by atoms with Crippen molar-refractivity contribution in [3.8, 4) is 11.5 Å². The number of carbonyl (C=O) groups is 1. The highest BCUT2D eigenvalue weighted by Crippen LogP contribution is 2.25. The number of ether oxygens (including phenoxy) is 2. The highest BCUT2D eigenvalue weighted by Gasteiger charge is 2.08. The van der Waals surface area contributed by atoms with E-state index in [0.717, 1.165) is 11.1 Å². The van der Waals surface area contributed by atoms with Gasteiger partial charge < -0.3 is 9.47 Å². The van der Waals surface area contributed by atoms with Crippen LogP contribution < -0.4 is 9.47 Å². The molecule has 0 amide bonds. The van der Waals surface area contributed by atoms with E-state index in [4.69, 9.17) is 21.1 Å². The minimum atomic E-state index is -0.503. The molecule has 0 spiro atoms. The first-order valence-electron chi connectivity index (χ1n) is 9.00. The van der Waals surface area contributed by atoms with Crippen molar-refractivity contribution in [2.24, 2.45) is 0 Å². The molecule has 0 atom stereocenters. The van der Waals surface area contributed by atoms with Gasteiger partial charge in [0.05, 0.1) is 12.1 Å². The smallest absolute Gasteiger partial charge is 0.206 e. The van der Waals surface area contributed by atoms with Crippen molar-refractivity contribution < 1.29 is 18.7 Å². The van der Waals surface area contributed by atoms with E-state index in [1.807, 2.05) is 19.1 Å². The van der Waals surface area contributed by atoms with Gasteiger partial charge in [-0.25, -0.2) is 4.39 Å². The second kappa shape index (κ2) is 9.39. The van der Waals surface area contributed by atoms with E-state index in [1.165, 1.54) is 24.3 Å². The molecule has 3 aromatic rings. The van der Waals surface area contributed by atoms with E-state index in [-0.39, 0.29) is 17.4 Å². The molecule has 5 nitrogen and oxygen atoms in total. The minimum Gasteiger partial charge on any atom is -0.496 e. The van der Waals surface area contributed by atoms with Crippen LogP contribution >= 0.6 is 11.6 Å². The fourth-order valence-electron chi connectivity index (χ4n) is 2.67. The second-order valence-electron chi connectivity index (χ2n) is 6.19. The Morgan fingerprint density at radius 2 is 2.07 bits per heavy atom. The van der Waals surface area contributed by atoms with Crippen LogP contribution in [0.25, 0.3) is 6.08 Å². The number of ketones is 1. The number of hydrogen-bond donors (Lipinski definition) is 0. The second-order valence-corrected chi connectivity index (χ2v) is 6.60. The van der Waals surface area contributed by atoms with Gasteiger partial charge in [-0.05, 0) is 48.9 Å². The molecule has 1 heterocycles. The molecule has 0 unspecified atom stereocenters. The molecule has 29 heavy (non-hydrogen) atoms. The molecule has 0 saturated carbocycles. The Hall–Kier alpha value is -3.12. The normalized spacial score (nSPS) is 11.0. The number of halogens is 2. The Morgan fingerprint density at radius 1 is 1.24 bits per heavy atom. The van der Waals surface area contributed by atoms with Crippen LogP contribution in [0.3, 0.4) is 0 Å². The van der Waals surface area contributed by atoms with Gasteiger partial charge in [-0.2, -0.15) is 5.10 Å². The summed E-state index contributed by atoms with van der Waals surface area (Å²) in [5.74, 6) is 0.411. The van der Waals surface area contributed by atoms with E-state index >= 15 is 0 Å². The number of rotatable bonds is 8. The number of benzene rings is 2. The fraction of sp³-hybridized carbons (Fsp3) is 0.182. The number of nitrogens with zero attached hydrogens (tertiary/aromatic N) is 2. The molecule has 0 saturated heterocycles. The van der Waals surface area contributed by atoms with Crippen molar-refractivity contribution in [3.05, 3.63) is 82.4 Å². The summed E-state index contributed by atoms with van der Waals surface area (Å²) in [6.07, 6.45) is 4.96. The SMILES string of the molecule is CCn1ccc(C(=O)/C=C/c2ccc(OC)c(COc3ccc(F)c(Cl)c3)c2)n1. The standard InChI is InChI=1S/C22H20ClFN2O3/c1-3-26-11-10-20(25-26)21(27)8-4-15-5-9-22(28-2)16(12-15)14-29-17-6-7-19(24)18(23)13-17/h4-13H,3,14H2,1-2H3/b8-4+. The molecule has 3 rings (SSSR count). The molecule has 0 bridgehead atoms. The summed E-state index contributed by atoms with van der Waals surface area (Å²) in [5, 5.41) is 4.20. The lowest BCUT2D eigenvalue weighted by molar-refractivity contribution is 0.104. The average molecular weight is 415 g/mol. The van der Waals surface area contributed by atoms with E-state index < -0.39 is 5.82 Å². The number of hydrogen-bond acceptors (Lipinski definition) is 4. The molecular weight excluding hydrogens is 395 g/mol. The third kappa shape index (κ3) is 5.23. The predicted octanol–water partition coefficient (Wildman–Crippen LogP) is 5.18. The molecule has 150 valence electrons. The van der Waals surface area contributed by atoms with Crippen LogP contribution in [0.15, 0.2) is 54.7 Å². The van der Waals surface area contributed by atoms with Gasteiger partial charge in [-0.1, -0.05) is 23.7 Å². The monoisotopic (exact) mass is 414 g/mol. The van der Waals surface area contributed by atoms with Crippen molar-refractivity contribution in [1.29, 1.82) is 0 Å². The molecule has 0 aliphatic rings. The van der Waals surface area contributed by atoms with Gasteiger partial charge in [-0.3, -0.25) is 9.48 Å². The Labute approximate surface area is 173 Å². The molecular formula is C22H20ClFN2O3. The number of allylic oxidation sites excluding steroid dienone is 1. The fourth-order valence-corrected chi connectivity index (χ4v) is 2.84. The van der Waals surface area contributed by atoms with Gasteiger partial charge in [0, 0.05) is 24.4 Å². The molecule has 0 fully saturated rings. The highest BCUT2D eigenvalue weighted by atomic mass is 35.5. The van der Waals surface area contributed by atoms with Gasteiger partial charge in [0.15, 0.2) is 0 Å². The summed E-state index contributed by atoms with van der Waals surface area (Å²) in [5.41, 5.74) is 1.98. The zero-order chi connectivity index (χ0) is 20.8. The first-order chi connectivity index (χ1) is 14.0. The zero-order valence-corrected chi connectivity index (χ0v) is 16.8. The van der Waals surface area contributed by atoms with Crippen LogP contribution in [0.4, 0.5) is 4.39 Å². The summed E-state index contributed by atoms with van der Waals surface area (Å²) in [7, 11) is 1.57. The van der Waals surface area contributed by atoms with E-state index in [9.17, 15) is 9.18 Å². The number of carbonyl (C=O) groups excluding carboxylic acids is 1. The van der Waals surface area contributed by atoms with Crippen LogP contribution in [-0.2, 0) is 13.2 Å². The quantitative estimate of drug-likeness (QED) is 0.376. The molecule has 1 aromatic heterocycles. The minimum absolute atomic E-state index is 0.00447. The van der Waals surface area contributed by atoms with Crippen LogP contribution in [-0.4, -0.2) is 22.7 Å². The maximum Gasteiger partial charge on any atom is 0.206 e. The lowest BCUT2D eigenvalue weighted by atomic mass is 10.1. The van der Waals surface area contributed by atoms with E-state index in [0.29, 0.717) is 23.7 Å². The van der Waals surface area contributed by atoms with Gasteiger partial charge in [0.25, 0.3) is 0 Å². The molecule has 7 heteroatoms. The van der Waals surface area contributed by atoms with Crippen LogP contribution in [0, 0.1) is 5.82 Å². The topological polar surface area (TPSA) is 53.4 Å². The maximum atomic E-state index is 13.3. The summed E-state index contributed by atoms with van der Waals surface area (Å²) in [6, 6.07) is 11.4. The van der Waals surface area contributed by atoms with Crippen molar-refractivity contribution in [2.75, 3.05) is 7.11 Å². The number of aromatic nitrogens is 2. The average Bonchev–Trinajstić information content (AvgIpc) is 3.22. The predicted molar refractivity (Wildman–Crippen MR) is 110 cm³/mol. The van der Waals surface area contributed by atoms with Gasteiger partial charge >= 0.3 is 0 Å². The summed E-state index contributed by atoms with van der Waals surface area (Å²) in [6.45, 7) is 2.86. The Kier molecular flexibility index (Phi) is 6.67. The molecule has 2 aromatic carbocycles. The van der Waals surface area contributed by atoms with Crippen molar-refractivity contribution in [2.45, 2.75) is 20.1 Å². The Balaban J connectivity index is 1.73. The van der Waals surface area contributed by atoms with E-state index in [2.05, 4.69) is 5.10 Å². The summed E-state index contributed by atoms with van der Waals surface area (Å²) < 4.78 is 26.1. The molecule has 0 aliphatic carbocycles.